The number of fused-ring (bicyclic) bond motifs is 1. The van der Waals surface area contributed by atoms with E-state index in [2.05, 4.69) is 93.6 Å². The Hall–Kier alpha value is -1.92. The number of carbonyl (C=O) groups excluding carboxylic acids is 1. The fourth-order valence-corrected chi connectivity index (χ4v) is 5.36. The van der Waals surface area contributed by atoms with Crippen LogP contribution in [0, 0.1) is 0 Å². The number of benzene rings is 3. The van der Waals surface area contributed by atoms with Crippen LogP contribution in [-0.2, 0) is 25.9 Å². The fourth-order valence-electron chi connectivity index (χ4n) is 5.36. The molecule has 0 unspecified atom stereocenters. The predicted octanol–water partition coefficient (Wildman–Crippen LogP) is 5.94. The second kappa shape index (κ2) is 16.2. The first-order valence-corrected chi connectivity index (χ1v) is 13.1. The van der Waals surface area contributed by atoms with Gasteiger partial charge in [0.1, 0.15) is 0 Å². The van der Waals surface area contributed by atoms with E-state index in [1.807, 2.05) is 0 Å². The molecule has 5 rings (SSSR count). The zero-order chi connectivity index (χ0) is 23.9. The summed E-state index contributed by atoms with van der Waals surface area (Å²) in [6.45, 7) is 9.23. The zero-order valence-electron chi connectivity index (χ0n) is 22.0. The Bertz CT molecular complexity index is 1110. The van der Waals surface area contributed by atoms with Gasteiger partial charge >= 0.3 is 0 Å². The molecule has 1 saturated heterocycles. The van der Waals surface area contributed by atoms with Crippen molar-refractivity contribution in [2.75, 3.05) is 45.8 Å². The molecule has 7 heteroatoms. The molecule has 0 amide bonds. The first-order chi connectivity index (χ1) is 17.2. The Morgan fingerprint density at radius 1 is 0.579 bits per heavy atom. The third-order valence-corrected chi connectivity index (χ3v) is 7.54. The average molecular weight is 577 g/mol. The van der Waals surface area contributed by atoms with Crippen molar-refractivity contribution in [2.45, 2.75) is 32.4 Å². The number of nitrogens with zero attached hydrogens (tertiary/aromatic N) is 3. The lowest BCUT2D eigenvalue weighted by Gasteiger charge is -2.34. The van der Waals surface area contributed by atoms with E-state index in [4.69, 9.17) is 0 Å². The van der Waals surface area contributed by atoms with Gasteiger partial charge in [0.15, 0.2) is 5.78 Å². The maximum absolute atomic E-state index is 13.0. The van der Waals surface area contributed by atoms with E-state index in [0.717, 1.165) is 77.3 Å². The summed E-state index contributed by atoms with van der Waals surface area (Å²) < 4.78 is 0. The summed E-state index contributed by atoms with van der Waals surface area (Å²) in [4.78, 5) is 20.5. The number of piperazine rings is 1. The number of hydrogen-bond donors (Lipinski definition) is 0. The smallest absolute Gasteiger partial charge is 0.164 e. The van der Waals surface area contributed by atoms with E-state index in [1.165, 1.54) is 22.3 Å². The molecule has 0 aromatic heterocycles. The van der Waals surface area contributed by atoms with Gasteiger partial charge < -0.3 is 4.90 Å². The molecule has 3 aromatic carbocycles. The summed E-state index contributed by atoms with van der Waals surface area (Å²) in [6, 6.07) is 27.9. The van der Waals surface area contributed by atoms with Crippen LogP contribution in [0.5, 0.6) is 0 Å². The molecule has 0 spiro atoms. The van der Waals surface area contributed by atoms with Crippen LogP contribution in [0.3, 0.4) is 0 Å². The minimum atomic E-state index is 0. The number of carbonyl (C=O) groups is 1. The van der Waals surface area contributed by atoms with Crippen molar-refractivity contribution in [1.82, 2.24) is 14.7 Å². The highest BCUT2D eigenvalue weighted by Crippen LogP contribution is 2.20. The summed E-state index contributed by atoms with van der Waals surface area (Å²) >= 11 is 0. The maximum atomic E-state index is 13.0. The SMILES string of the molecule is Cl.Cl.Cl.O=C(CCN1CCN(Cc2ccccc2)CC1)c1ccc2c(c1)CCN(Cc1ccccc1)CC2. The van der Waals surface area contributed by atoms with Crippen molar-refractivity contribution >= 4 is 43.0 Å². The highest BCUT2D eigenvalue weighted by molar-refractivity contribution is 5.96. The molecule has 0 radical (unpaired) electrons. The highest BCUT2D eigenvalue weighted by Gasteiger charge is 2.19. The molecule has 3 aromatic rings. The van der Waals surface area contributed by atoms with Crippen LogP contribution in [0.2, 0.25) is 0 Å². The van der Waals surface area contributed by atoms with E-state index in [-0.39, 0.29) is 43.0 Å². The molecule has 38 heavy (non-hydrogen) atoms. The normalized spacial score (nSPS) is 16.2. The summed E-state index contributed by atoms with van der Waals surface area (Å²) in [5, 5.41) is 0. The molecule has 2 aliphatic heterocycles. The van der Waals surface area contributed by atoms with E-state index in [1.54, 1.807) is 0 Å². The van der Waals surface area contributed by atoms with E-state index in [0.29, 0.717) is 6.42 Å². The lowest BCUT2D eigenvalue weighted by molar-refractivity contribution is 0.0922. The van der Waals surface area contributed by atoms with Gasteiger partial charge in [-0.3, -0.25) is 14.6 Å². The van der Waals surface area contributed by atoms with Gasteiger partial charge in [-0.1, -0.05) is 72.8 Å². The minimum absolute atomic E-state index is 0. The molecular formula is C31H40Cl3N3O. The van der Waals surface area contributed by atoms with E-state index < -0.39 is 0 Å². The Morgan fingerprint density at radius 3 is 1.66 bits per heavy atom. The molecule has 0 N–H and O–H groups in total. The molecule has 206 valence electrons. The Labute approximate surface area is 246 Å². The van der Waals surface area contributed by atoms with Crippen molar-refractivity contribution in [3.8, 4) is 0 Å². The molecule has 2 aliphatic rings. The van der Waals surface area contributed by atoms with Crippen molar-refractivity contribution in [3.05, 3.63) is 107 Å². The summed E-state index contributed by atoms with van der Waals surface area (Å²) in [7, 11) is 0. The maximum Gasteiger partial charge on any atom is 0.164 e. The first kappa shape index (κ1) is 32.3. The quantitative estimate of drug-likeness (QED) is 0.310. The first-order valence-electron chi connectivity index (χ1n) is 13.1. The second-order valence-corrected chi connectivity index (χ2v) is 10.0. The molecule has 0 saturated carbocycles. The summed E-state index contributed by atoms with van der Waals surface area (Å²) in [5.74, 6) is 0.282. The van der Waals surface area contributed by atoms with E-state index >= 15 is 0 Å². The van der Waals surface area contributed by atoms with E-state index in [9.17, 15) is 4.79 Å². The third-order valence-electron chi connectivity index (χ3n) is 7.54. The topological polar surface area (TPSA) is 26.8 Å². The summed E-state index contributed by atoms with van der Waals surface area (Å²) in [5.41, 5.74) is 6.41. The van der Waals surface area contributed by atoms with Gasteiger partial charge in [-0.05, 0) is 41.2 Å². The van der Waals surface area contributed by atoms with Crippen LogP contribution < -0.4 is 0 Å². The average Bonchev–Trinajstić information content (AvgIpc) is 3.11. The van der Waals surface area contributed by atoms with Crippen LogP contribution in [0.4, 0.5) is 0 Å². The molecule has 2 heterocycles. The van der Waals surface area contributed by atoms with Crippen molar-refractivity contribution in [2.24, 2.45) is 0 Å². The van der Waals surface area contributed by atoms with Crippen molar-refractivity contribution in [1.29, 1.82) is 0 Å². The Kier molecular flexibility index (Phi) is 13.8. The van der Waals surface area contributed by atoms with Gasteiger partial charge in [0.05, 0.1) is 0 Å². The van der Waals surface area contributed by atoms with Crippen LogP contribution in [0.15, 0.2) is 78.9 Å². The lowest BCUT2D eigenvalue weighted by Crippen LogP contribution is -2.46. The van der Waals surface area contributed by atoms with Crippen LogP contribution >= 0.6 is 37.2 Å². The van der Waals surface area contributed by atoms with Gasteiger partial charge in [0, 0.05) is 70.9 Å². The van der Waals surface area contributed by atoms with Gasteiger partial charge in [-0.2, -0.15) is 0 Å². The second-order valence-electron chi connectivity index (χ2n) is 10.0. The predicted molar refractivity (Wildman–Crippen MR) is 164 cm³/mol. The van der Waals surface area contributed by atoms with Crippen molar-refractivity contribution < 1.29 is 4.79 Å². The third kappa shape index (κ3) is 9.08. The zero-order valence-corrected chi connectivity index (χ0v) is 24.4. The molecule has 1 fully saturated rings. The number of Topliss-reactive ketones (excluding diaryl/α,β-unsaturated/α-hetero) is 1. The monoisotopic (exact) mass is 575 g/mol. The Morgan fingerprint density at radius 2 is 1.08 bits per heavy atom. The fraction of sp³-hybridized carbons (Fsp3) is 0.387. The van der Waals surface area contributed by atoms with Gasteiger partial charge in [0.2, 0.25) is 0 Å². The lowest BCUT2D eigenvalue weighted by atomic mass is 9.97. The van der Waals surface area contributed by atoms with Crippen LogP contribution in [-0.4, -0.2) is 66.3 Å². The number of rotatable bonds is 8. The molecule has 0 aliphatic carbocycles. The van der Waals surface area contributed by atoms with Gasteiger partial charge in [-0.15, -0.1) is 37.2 Å². The Balaban J connectivity index is 0.00000169. The molecule has 4 nitrogen and oxygen atoms in total. The highest BCUT2D eigenvalue weighted by atomic mass is 35.5. The van der Waals surface area contributed by atoms with Crippen LogP contribution in [0.25, 0.3) is 0 Å². The summed E-state index contributed by atoms with van der Waals surface area (Å²) in [6.07, 6.45) is 2.69. The standard InChI is InChI=1S/C31H37N3O.3ClH/c35-31(15-18-32-19-21-34(22-20-32)25-27-9-5-2-6-10-27)30-12-11-28-13-16-33(17-14-29(28)23-30)24-26-7-3-1-4-8-26;;;/h1-12,23H,13-22,24-25H2;3*1H. The largest absolute Gasteiger partial charge is 0.300 e. The molecule has 0 bridgehead atoms. The number of ketones is 1. The van der Waals surface area contributed by atoms with Gasteiger partial charge in [0.25, 0.3) is 0 Å². The van der Waals surface area contributed by atoms with Crippen LogP contribution in [0.1, 0.15) is 39.0 Å². The van der Waals surface area contributed by atoms with Crippen molar-refractivity contribution in [3.63, 3.8) is 0 Å². The number of halogens is 3. The molecular weight excluding hydrogens is 537 g/mol. The molecule has 0 atom stereocenters. The minimum Gasteiger partial charge on any atom is -0.300 e. The van der Waals surface area contributed by atoms with Gasteiger partial charge in [-0.25, -0.2) is 0 Å². The number of hydrogen-bond acceptors (Lipinski definition) is 4.